The standard InChI is InChI=1S/C21H17Cl2N3O2/c1-25-20(28)26(17-10-15(22)9-16(23)11-17)19(27)21(25)8-2-3-18(21)14-6-4-13(12-24)5-7-14/h4-7,9-11,18H,2-3,8H2,1H3. The second-order valence-corrected chi connectivity index (χ2v) is 8.09. The maximum Gasteiger partial charge on any atom is 0.332 e. The molecule has 2 atom stereocenters. The highest BCUT2D eigenvalue weighted by Gasteiger charge is 2.62. The summed E-state index contributed by atoms with van der Waals surface area (Å²) in [7, 11) is 1.67. The topological polar surface area (TPSA) is 64.4 Å². The SMILES string of the molecule is CN1C(=O)N(c2cc(Cl)cc(Cl)c2)C(=O)C12CCCC2c1ccc(C#N)cc1. The number of nitrogens with zero attached hydrogens (tertiary/aromatic N) is 3. The number of carbonyl (C=O) groups excluding carboxylic acids is 2. The predicted molar refractivity (Wildman–Crippen MR) is 108 cm³/mol. The molecule has 1 aliphatic heterocycles. The fraction of sp³-hybridized carbons (Fsp3) is 0.286. The van der Waals surface area contributed by atoms with Crippen molar-refractivity contribution in [1.29, 1.82) is 5.26 Å². The van der Waals surface area contributed by atoms with Crippen molar-refractivity contribution in [2.75, 3.05) is 11.9 Å². The second kappa shape index (κ2) is 6.80. The molecule has 2 fully saturated rings. The third-order valence-electron chi connectivity index (χ3n) is 5.83. The van der Waals surface area contributed by atoms with Gasteiger partial charge in [0.15, 0.2) is 0 Å². The third-order valence-corrected chi connectivity index (χ3v) is 6.26. The van der Waals surface area contributed by atoms with Crippen LogP contribution in [0.25, 0.3) is 0 Å². The molecule has 7 heteroatoms. The molecule has 2 unspecified atom stereocenters. The number of hydrogen-bond donors (Lipinski definition) is 0. The molecular weight excluding hydrogens is 397 g/mol. The highest BCUT2D eigenvalue weighted by atomic mass is 35.5. The van der Waals surface area contributed by atoms with Crippen LogP contribution in [0.2, 0.25) is 10.0 Å². The number of halogens is 2. The summed E-state index contributed by atoms with van der Waals surface area (Å²) in [6.07, 6.45) is 2.21. The highest BCUT2D eigenvalue weighted by Crippen LogP contribution is 2.51. The summed E-state index contributed by atoms with van der Waals surface area (Å²) in [6.45, 7) is 0. The van der Waals surface area contributed by atoms with Crippen LogP contribution in [0, 0.1) is 11.3 Å². The fourth-order valence-electron chi connectivity index (χ4n) is 4.52. The Bertz CT molecular complexity index is 995. The van der Waals surface area contributed by atoms with Gasteiger partial charge in [-0.3, -0.25) is 4.79 Å². The number of carbonyl (C=O) groups is 2. The first-order valence-corrected chi connectivity index (χ1v) is 9.72. The Morgan fingerprint density at radius 3 is 2.36 bits per heavy atom. The molecule has 5 nitrogen and oxygen atoms in total. The summed E-state index contributed by atoms with van der Waals surface area (Å²) in [5, 5.41) is 9.76. The van der Waals surface area contributed by atoms with Crippen LogP contribution < -0.4 is 4.90 Å². The summed E-state index contributed by atoms with van der Waals surface area (Å²) >= 11 is 12.2. The monoisotopic (exact) mass is 413 g/mol. The first kappa shape index (κ1) is 18.8. The lowest BCUT2D eigenvalue weighted by Gasteiger charge is -2.34. The number of imide groups is 1. The van der Waals surface area contributed by atoms with Gasteiger partial charge in [-0.1, -0.05) is 35.3 Å². The van der Waals surface area contributed by atoms with Crippen molar-refractivity contribution in [2.24, 2.45) is 0 Å². The van der Waals surface area contributed by atoms with Crippen molar-refractivity contribution in [3.05, 3.63) is 63.6 Å². The number of benzene rings is 2. The molecule has 28 heavy (non-hydrogen) atoms. The Morgan fingerprint density at radius 1 is 1.11 bits per heavy atom. The van der Waals surface area contributed by atoms with Gasteiger partial charge in [0.05, 0.1) is 17.3 Å². The zero-order valence-corrected chi connectivity index (χ0v) is 16.7. The molecule has 1 heterocycles. The summed E-state index contributed by atoms with van der Waals surface area (Å²) in [5.41, 5.74) is 0.949. The van der Waals surface area contributed by atoms with Gasteiger partial charge in [0.1, 0.15) is 5.54 Å². The van der Waals surface area contributed by atoms with E-state index in [9.17, 15) is 9.59 Å². The average Bonchev–Trinajstić information content (AvgIpc) is 3.19. The predicted octanol–water partition coefficient (Wildman–Crippen LogP) is 4.97. The third kappa shape index (κ3) is 2.68. The fourth-order valence-corrected chi connectivity index (χ4v) is 5.03. The van der Waals surface area contributed by atoms with Crippen molar-refractivity contribution in [3.8, 4) is 6.07 Å². The minimum Gasteiger partial charge on any atom is -0.312 e. The molecule has 4 rings (SSSR count). The van der Waals surface area contributed by atoms with Crippen LogP contribution in [0.3, 0.4) is 0 Å². The van der Waals surface area contributed by atoms with Crippen LogP contribution in [0.4, 0.5) is 10.5 Å². The van der Waals surface area contributed by atoms with Gasteiger partial charge in [-0.15, -0.1) is 0 Å². The number of hydrogen-bond acceptors (Lipinski definition) is 3. The highest BCUT2D eigenvalue weighted by molar-refractivity contribution is 6.35. The first-order valence-electron chi connectivity index (χ1n) is 8.97. The van der Waals surface area contributed by atoms with E-state index in [1.54, 1.807) is 42.3 Å². The van der Waals surface area contributed by atoms with Gasteiger partial charge in [-0.25, -0.2) is 9.69 Å². The lowest BCUT2D eigenvalue weighted by Crippen LogP contribution is -2.49. The minimum absolute atomic E-state index is 0.138. The molecule has 2 aliphatic rings. The van der Waals surface area contributed by atoms with Crippen molar-refractivity contribution in [3.63, 3.8) is 0 Å². The maximum absolute atomic E-state index is 13.6. The number of urea groups is 1. The van der Waals surface area contributed by atoms with Crippen molar-refractivity contribution in [1.82, 2.24) is 4.90 Å². The summed E-state index contributed by atoms with van der Waals surface area (Å²) in [4.78, 5) is 29.4. The molecule has 1 saturated heterocycles. The van der Waals surface area contributed by atoms with Crippen LogP contribution in [-0.4, -0.2) is 29.4 Å². The van der Waals surface area contributed by atoms with Crippen LogP contribution in [-0.2, 0) is 4.79 Å². The van der Waals surface area contributed by atoms with E-state index in [-0.39, 0.29) is 17.9 Å². The van der Waals surface area contributed by atoms with E-state index in [0.717, 1.165) is 18.4 Å². The molecule has 2 aromatic rings. The van der Waals surface area contributed by atoms with Gasteiger partial charge in [0.25, 0.3) is 5.91 Å². The molecule has 2 aromatic carbocycles. The number of nitriles is 1. The van der Waals surface area contributed by atoms with Crippen molar-refractivity contribution < 1.29 is 9.59 Å². The van der Waals surface area contributed by atoms with Crippen LogP contribution >= 0.6 is 23.2 Å². The van der Waals surface area contributed by atoms with E-state index in [1.807, 2.05) is 12.1 Å². The number of likely N-dealkylation sites (N-methyl/N-ethyl adjacent to an activating group) is 1. The largest absolute Gasteiger partial charge is 0.332 e. The van der Waals surface area contributed by atoms with E-state index in [4.69, 9.17) is 28.5 Å². The summed E-state index contributed by atoms with van der Waals surface area (Å²) in [6, 6.07) is 13.7. The zero-order valence-electron chi connectivity index (χ0n) is 15.2. The van der Waals surface area contributed by atoms with Gasteiger partial charge < -0.3 is 4.90 Å². The quantitative estimate of drug-likeness (QED) is 0.652. The van der Waals surface area contributed by atoms with Gasteiger partial charge >= 0.3 is 6.03 Å². The van der Waals surface area contributed by atoms with E-state index in [1.165, 1.54) is 4.90 Å². The Morgan fingerprint density at radius 2 is 1.75 bits per heavy atom. The smallest absolute Gasteiger partial charge is 0.312 e. The molecule has 142 valence electrons. The summed E-state index contributed by atoms with van der Waals surface area (Å²) < 4.78 is 0. The maximum atomic E-state index is 13.6. The Hall–Kier alpha value is -2.55. The normalized spacial score (nSPS) is 24.3. The van der Waals surface area contributed by atoms with E-state index in [2.05, 4.69) is 6.07 Å². The minimum atomic E-state index is -0.944. The number of anilines is 1. The molecule has 0 bridgehead atoms. The number of rotatable bonds is 2. The van der Waals surface area contributed by atoms with Gasteiger partial charge in [0.2, 0.25) is 0 Å². The molecule has 1 saturated carbocycles. The van der Waals surface area contributed by atoms with Crippen molar-refractivity contribution in [2.45, 2.75) is 30.7 Å². The van der Waals surface area contributed by atoms with Crippen LogP contribution in [0.15, 0.2) is 42.5 Å². The zero-order chi connectivity index (χ0) is 20.1. The molecule has 0 N–H and O–H groups in total. The van der Waals surface area contributed by atoms with Gasteiger partial charge in [-0.2, -0.15) is 5.26 Å². The Labute approximate surface area is 173 Å². The van der Waals surface area contributed by atoms with E-state index in [0.29, 0.717) is 27.7 Å². The van der Waals surface area contributed by atoms with Crippen LogP contribution in [0.1, 0.15) is 36.3 Å². The average molecular weight is 414 g/mol. The van der Waals surface area contributed by atoms with Crippen molar-refractivity contribution >= 4 is 40.8 Å². The van der Waals surface area contributed by atoms with E-state index < -0.39 is 5.54 Å². The Kier molecular flexibility index (Phi) is 4.57. The molecule has 1 spiro atoms. The number of amides is 3. The lowest BCUT2D eigenvalue weighted by atomic mass is 9.80. The van der Waals surface area contributed by atoms with Gasteiger partial charge in [0, 0.05) is 23.0 Å². The molecule has 3 amide bonds. The first-order chi connectivity index (χ1) is 13.4. The molecule has 0 radical (unpaired) electrons. The summed E-state index contributed by atoms with van der Waals surface area (Å²) in [5.74, 6) is -0.397. The molecular formula is C21H17Cl2N3O2. The molecule has 0 aromatic heterocycles. The second-order valence-electron chi connectivity index (χ2n) is 7.21. The van der Waals surface area contributed by atoms with E-state index >= 15 is 0 Å². The Balaban J connectivity index is 1.78. The van der Waals surface area contributed by atoms with Gasteiger partial charge in [-0.05, 0) is 55.2 Å². The molecule has 1 aliphatic carbocycles. The lowest BCUT2D eigenvalue weighted by molar-refractivity contribution is -0.125. The van der Waals surface area contributed by atoms with Crippen LogP contribution in [0.5, 0.6) is 0 Å².